The van der Waals surface area contributed by atoms with Crippen molar-refractivity contribution in [1.29, 1.82) is 0 Å². The Morgan fingerprint density at radius 2 is 1.80 bits per heavy atom. The van der Waals surface area contributed by atoms with Crippen LogP contribution in [0.2, 0.25) is 0 Å². The fraction of sp³-hybridized carbons (Fsp3) is 0.871. The minimum atomic E-state index is -1.19. The van der Waals surface area contributed by atoms with E-state index in [2.05, 4.69) is 53.4 Å². The van der Waals surface area contributed by atoms with E-state index in [0.29, 0.717) is 0 Å². The Bertz CT molecular complexity index is 995. The minimum absolute atomic E-state index is 0.00334. The summed E-state index contributed by atoms with van der Waals surface area (Å²) in [6.07, 6.45) is 8.56. The topological polar surface area (TPSA) is 85.9 Å². The highest BCUT2D eigenvalue weighted by molar-refractivity contribution is 6.20. The molecule has 4 aliphatic heterocycles. The van der Waals surface area contributed by atoms with Gasteiger partial charge in [-0.05, 0) is 85.7 Å². The van der Waals surface area contributed by atoms with E-state index in [1.807, 2.05) is 6.20 Å². The third-order valence-corrected chi connectivity index (χ3v) is 10.4. The number of hydrogen-bond acceptors (Lipinski definition) is 7. The molecule has 9 heteroatoms. The molecule has 3 N–H and O–H groups in total. The van der Waals surface area contributed by atoms with Crippen LogP contribution in [0.15, 0.2) is 11.8 Å². The maximum atomic E-state index is 15.9. The molecule has 7 atom stereocenters. The molecule has 8 nitrogen and oxygen atoms in total. The summed E-state index contributed by atoms with van der Waals surface area (Å²) in [4.78, 5) is 32.3. The number of carbonyl (C=O) groups excluding carboxylic acids is 2. The molecule has 2 aliphatic carbocycles. The van der Waals surface area contributed by atoms with Crippen LogP contribution in [0.25, 0.3) is 0 Å². The van der Waals surface area contributed by atoms with Crippen molar-refractivity contribution in [3.05, 3.63) is 11.8 Å². The molecule has 2 saturated carbocycles. The lowest BCUT2D eigenvalue weighted by molar-refractivity contribution is -0.197. The van der Waals surface area contributed by atoms with Gasteiger partial charge in [-0.2, -0.15) is 0 Å². The minimum Gasteiger partial charge on any atom is -0.369 e. The van der Waals surface area contributed by atoms with Gasteiger partial charge in [-0.25, -0.2) is 4.39 Å². The van der Waals surface area contributed by atoms with Gasteiger partial charge in [0.05, 0.1) is 35.9 Å². The quantitative estimate of drug-likeness (QED) is 0.432. The highest BCUT2D eigenvalue weighted by Gasteiger charge is 2.58. The summed E-state index contributed by atoms with van der Waals surface area (Å²) in [7, 11) is 0. The van der Waals surface area contributed by atoms with Crippen LogP contribution >= 0.6 is 0 Å². The predicted molar refractivity (Wildman–Crippen MR) is 153 cm³/mol. The van der Waals surface area contributed by atoms with Crippen LogP contribution in [0, 0.1) is 5.92 Å². The van der Waals surface area contributed by atoms with Gasteiger partial charge >= 0.3 is 0 Å². The molecule has 0 radical (unpaired) electrons. The fourth-order valence-electron chi connectivity index (χ4n) is 9.07. The molecule has 0 aromatic rings. The first-order valence-electron chi connectivity index (χ1n) is 15.9. The number of carbonyl (C=O) groups is 2. The number of halogens is 1. The first-order valence-corrected chi connectivity index (χ1v) is 15.9. The zero-order valence-corrected chi connectivity index (χ0v) is 24.9. The maximum absolute atomic E-state index is 15.9. The summed E-state index contributed by atoms with van der Waals surface area (Å²) in [5.74, 6) is -1.09. The molecule has 4 heterocycles. The van der Waals surface area contributed by atoms with Crippen LogP contribution < -0.4 is 16.0 Å². The Labute approximate surface area is 239 Å². The number of fused-ring (bicyclic) bond motifs is 2. The van der Waals surface area contributed by atoms with Crippen molar-refractivity contribution < 1.29 is 18.7 Å². The fourth-order valence-corrected chi connectivity index (χ4v) is 9.07. The number of Topliss-reactive ketones (excluding diaryl/α,β-unsaturated/α-hetero) is 1. The smallest absolute Gasteiger partial charge is 0.256 e. The lowest BCUT2D eigenvalue weighted by atomic mass is 9.69. The van der Waals surface area contributed by atoms with Crippen molar-refractivity contribution in [2.75, 3.05) is 26.2 Å². The van der Waals surface area contributed by atoms with E-state index in [1.165, 1.54) is 12.8 Å². The number of ether oxygens (including phenoxy) is 1. The second-order valence-corrected chi connectivity index (χ2v) is 14.7. The molecule has 0 spiro atoms. The lowest BCUT2D eigenvalue weighted by Gasteiger charge is -2.59. The van der Waals surface area contributed by atoms with Crippen LogP contribution in [-0.2, 0) is 14.3 Å². The maximum Gasteiger partial charge on any atom is 0.256 e. The van der Waals surface area contributed by atoms with E-state index in [4.69, 9.17) is 4.74 Å². The first-order chi connectivity index (χ1) is 19.0. The molecule has 224 valence electrons. The number of amides is 1. The van der Waals surface area contributed by atoms with Crippen LogP contribution in [0.3, 0.4) is 0 Å². The number of rotatable bonds is 6. The summed E-state index contributed by atoms with van der Waals surface area (Å²) in [6, 6.07) is -0.567. The number of alkyl halides is 1. The van der Waals surface area contributed by atoms with Gasteiger partial charge in [0.1, 0.15) is 6.17 Å². The Morgan fingerprint density at radius 1 is 1.10 bits per heavy atom. The Morgan fingerprint density at radius 3 is 2.52 bits per heavy atom. The number of likely N-dealkylation sites (tertiary alicyclic amines) is 1. The van der Waals surface area contributed by atoms with Gasteiger partial charge in [-0.15, -0.1) is 0 Å². The Hall–Kier alpha value is -1.55. The first kappa shape index (κ1) is 28.6. The number of morpholine rings is 1. The summed E-state index contributed by atoms with van der Waals surface area (Å²) >= 11 is 0. The van der Waals surface area contributed by atoms with E-state index in [0.717, 1.165) is 64.7 Å². The molecule has 7 unspecified atom stereocenters. The number of hydrogen-bond donors (Lipinski definition) is 3. The molecular weight excluding hydrogens is 509 g/mol. The zero-order valence-electron chi connectivity index (χ0n) is 24.9. The van der Waals surface area contributed by atoms with E-state index in [9.17, 15) is 9.59 Å². The van der Waals surface area contributed by atoms with Gasteiger partial charge in [-0.1, -0.05) is 12.8 Å². The third-order valence-electron chi connectivity index (χ3n) is 10.4. The SMILES string of the molecule is CC1(C)CC(NC(=O)C2=CN3C4CCCCC4OC4C(NCCN5CCCC5)C(F)CC(C2=O)C43)CC(C)(C)N1. The standard InChI is InChI=1S/C31H50FN5O3/c1-30(2)16-19(17-31(3,4)35-30)34-29(39)21-18-37-23-9-5-6-10-24(23)40-28-25(33-11-14-36-12-7-8-13-36)22(32)15-20(26(28)37)27(21)38/h18-20,22-26,28,33,35H,5-17H2,1-4H3,(H,34,39). The van der Waals surface area contributed by atoms with Gasteiger partial charge in [0, 0.05) is 42.3 Å². The molecule has 0 aromatic carbocycles. The molecule has 40 heavy (non-hydrogen) atoms. The molecule has 1 amide bonds. The molecular formula is C31H50FN5O3. The van der Waals surface area contributed by atoms with Crippen molar-refractivity contribution >= 4 is 11.7 Å². The van der Waals surface area contributed by atoms with Crippen LogP contribution in [0.5, 0.6) is 0 Å². The molecule has 6 aliphatic rings. The summed E-state index contributed by atoms with van der Waals surface area (Å²) in [5.41, 5.74) is -0.0400. The van der Waals surface area contributed by atoms with Gasteiger partial charge in [0.2, 0.25) is 0 Å². The van der Waals surface area contributed by atoms with Crippen molar-refractivity contribution in [1.82, 2.24) is 25.8 Å². The van der Waals surface area contributed by atoms with E-state index >= 15 is 4.39 Å². The molecule has 0 bridgehead atoms. The molecule has 0 aromatic heterocycles. The number of piperidine rings is 1. The summed E-state index contributed by atoms with van der Waals surface area (Å²) in [5, 5.41) is 10.4. The Kier molecular flexibility index (Phi) is 7.81. The second-order valence-electron chi connectivity index (χ2n) is 14.7. The van der Waals surface area contributed by atoms with Gasteiger partial charge in [-0.3, -0.25) is 9.59 Å². The Balaban J connectivity index is 1.23. The predicted octanol–water partition coefficient (Wildman–Crippen LogP) is 2.67. The third kappa shape index (κ3) is 5.60. The van der Waals surface area contributed by atoms with Crippen LogP contribution in [0.1, 0.15) is 85.5 Å². The average molecular weight is 560 g/mol. The number of nitrogens with one attached hydrogen (secondary N) is 3. The van der Waals surface area contributed by atoms with Gasteiger partial charge < -0.3 is 30.5 Å². The van der Waals surface area contributed by atoms with E-state index in [1.54, 1.807) is 0 Å². The van der Waals surface area contributed by atoms with Crippen LogP contribution in [-0.4, -0.2) is 101 Å². The largest absolute Gasteiger partial charge is 0.369 e. The monoisotopic (exact) mass is 559 g/mol. The highest BCUT2D eigenvalue weighted by atomic mass is 19.1. The summed E-state index contributed by atoms with van der Waals surface area (Å²) < 4.78 is 22.6. The van der Waals surface area contributed by atoms with E-state index in [-0.39, 0.29) is 59.0 Å². The normalized spacial score (nSPS) is 39.3. The molecule has 5 fully saturated rings. The highest BCUT2D eigenvalue weighted by Crippen LogP contribution is 2.45. The van der Waals surface area contributed by atoms with Crippen molar-refractivity contribution in [2.24, 2.45) is 5.92 Å². The summed E-state index contributed by atoms with van der Waals surface area (Å²) in [6.45, 7) is 12.5. The average Bonchev–Trinajstić information content (AvgIpc) is 3.38. The van der Waals surface area contributed by atoms with Gasteiger partial charge in [0.25, 0.3) is 5.91 Å². The second kappa shape index (κ2) is 10.9. The van der Waals surface area contributed by atoms with E-state index < -0.39 is 24.2 Å². The van der Waals surface area contributed by atoms with Crippen molar-refractivity contribution in [2.45, 2.75) is 139 Å². The van der Waals surface area contributed by atoms with Crippen LogP contribution in [0.4, 0.5) is 4.39 Å². The van der Waals surface area contributed by atoms with Crippen molar-refractivity contribution in [3.63, 3.8) is 0 Å². The number of nitrogens with zero attached hydrogens (tertiary/aromatic N) is 2. The zero-order chi connectivity index (χ0) is 28.2. The number of ketones is 1. The molecule has 6 rings (SSSR count). The van der Waals surface area contributed by atoms with Gasteiger partial charge in [0.15, 0.2) is 5.78 Å². The lowest BCUT2D eigenvalue weighted by Crippen LogP contribution is -2.73. The van der Waals surface area contributed by atoms with Crippen molar-refractivity contribution in [3.8, 4) is 0 Å². The molecule has 3 saturated heterocycles.